The Bertz CT molecular complexity index is 902. The highest BCUT2D eigenvalue weighted by molar-refractivity contribution is 6.34. The number of rotatable bonds is 6. The second-order valence-electron chi connectivity index (χ2n) is 6.81. The van der Waals surface area contributed by atoms with Gasteiger partial charge in [0.15, 0.2) is 11.5 Å². The van der Waals surface area contributed by atoms with Gasteiger partial charge in [-0.05, 0) is 30.2 Å². The van der Waals surface area contributed by atoms with Crippen LogP contribution >= 0.6 is 23.2 Å². The van der Waals surface area contributed by atoms with Gasteiger partial charge in [0.25, 0.3) is 5.91 Å². The van der Waals surface area contributed by atoms with E-state index in [1.54, 1.807) is 36.4 Å². The number of nitrogens with one attached hydrogen (secondary N) is 2. The highest BCUT2D eigenvalue weighted by Crippen LogP contribution is 2.38. The third kappa shape index (κ3) is 5.14. The van der Waals surface area contributed by atoms with E-state index in [4.69, 9.17) is 32.7 Å². The average Bonchev–Trinajstić information content (AvgIpc) is 2.72. The lowest BCUT2D eigenvalue weighted by Gasteiger charge is -2.25. The molecule has 0 fully saturated rings. The van der Waals surface area contributed by atoms with Crippen LogP contribution in [0, 0.1) is 5.92 Å². The zero-order valence-electron chi connectivity index (χ0n) is 16.1. The lowest BCUT2D eigenvalue weighted by Crippen LogP contribution is -2.47. The summed E-state index contributed by atoms with van der Waals surface area (Å²) in [5.74, 6) is 0.243. The zero-order valence-corrected chi connectivity index (χ0v) is 17.6. The fourth-order valence-electron chi connectivity index (χ4n) is 2.90. The molecule has 29 heavy (non-hydrogen) atoms. The Kier molecular flexibility index (Phi) is 6.87. The molecule has 3 rings (SSSR count). The molecule has 2 atom stereocenters. The van der Waals surface area contributed by atoms with Gasteiger partial charge in [0.05, 0.1) is 10.7 Å². The smallest absolute Gasteiger partial charge is 0.251 e. The van der Waals surface area contributed by atoms with Crippen LogP contribution in [0.25, 0.3) is 0 Å². The Hall–Kier alpha value is -2.44. The van der Waals surface area contributed by atoms with Gasteiger partial charge in [0, 0.05) is 22.7 Å². The van der Waals surface area contributed by atoms with Gasteiger partial charge in [-0.3, -0.25) is 9.59 Å². The summed E-state index contributed by atoms with van der Waals surface area (Å²) in [6, 6.07) is 8.97. The first-order valence-electron chi connectivity index (χ1n) is 9.35. The number of halogens is 2. The van der Waals surface area contributed by atoms with E-state index in [-0.39, 0.29) is 17.7 Å². The van der Waals surface area contributed by atoms with Crippen molar-refractivity contribution >= 4 is 40.7 Å². The van der Waals surface area contributed by atoms with E-state index in [0.29, 0.717) is 52.4 Å². The SMILES string of the molecule is CCC(C)C(NC(=O)c1ccc(Cl)cc1)C(=O)Nc1cc2c(cc1Cl)OCCO2. The highest BCUT2D eigenvalue weighted by Gasteiger charge is 2.27. The molecule has 2 unspecified atom stereocenters. The molecule has 2 N–H and O–H groups in total. The van der Waals surface area contributed by atoms with Gasteiger partial charge >= 0.3 is 0 Å². The van der Waals surface area contributed by atoms with E-state index in [9.17, 15) is 9.59 Å². The van der Waals surface area contributed by atoms with Crippen LogP contribution in [-0.2, 0) is 4.79 Å². The topological polar surface area (TPSA) is 76.7 Å². The third-order valence-electron chi connectivity index (χ3n) is 4.78. The Morgan fingerprint density at radius 1 is 1.07 bits per heavy atom. The summed E-state index contributed by atoms with van der Waals surface area (Å²) < 4.78 is 11.0. The largest absolute Gasteiger partial charge is 0.486 e. The molecule has 0 aromatic heterocycles. The summed E-state index contributed by atoms with van der Waals surface area (Å²) in [5, 5.41) is 6.47. The summed E-state index contributed by atoms with van der Waals surface area (Å²) in [6.07, 6.45) is 0.702. The van der Waals surface area contributed by atoms with Crippen LogP contribution in [0.3, 0.4) is 0 Å². The molecule has 6 nitrogen and oxygen atoms in total. The molecule has 2 aromatic carbocycles. The molecule has 154 valence electrons. The second kappa shape index (κ2) is 9.37. The van der Waals surface area contributed by atoms with Crippen molar-refractivity contribution in [1.29, 1.82) is 0 Å². The molecular formula is C21H22Cl2N2O4. The lowest BCUT2D eigenvalue weighted by molar-refractivity contribution is -0.119. The van der Waals surface area contributed by atoms with Crippen LogP contribution in [0.4, 0.5) is 5.69 Å². The standard InChI is InChI=1S/C21H22Cl2N2O4/c1-3-12(2)19(25-20(26)13-4-6-14(22)7-5-13)21(27)24-16-11-18-17(10-15(16)23)28-8-9-29-18/h4-7,10-12,19H,3,8-9H2,1-2H3,(H,24,27)(H,25,26). The van der Waals surface area contributed by atoms with Crippen molar-refractivity contribution in [3.63, 3.8) is 0 Å². The van der Waals surface area contributed by atoms with Crippen LogP contribution in [-0.4, -0.2) is 31.1 Å². The summed E-state index contributed by atoms with van der Waals surface area (Å²) in [7, 11) is 0. The Morgan fingerprint density at radius 3 is 2.31 bits per heavy atom. The number of benzene rings is 2. The minimum absolute atomic E-state index is 0.0952. The monoisotopic (exact) mass is 436 g/mol. The Morgan fingerprint density at radius 2 is 1.69 bits per heavy atom. The molecule has 8 heteroatoms. The van der Waals surface area contributed by atoms with Crippen molar-refractivity contribution in [3.8, 4) is 11.5 Å². The van der Waals surface area contributed by atoms with E-state index >= 15 is 0 Å². The van der Waals surface area contributed by atoms with Crippen LogP contribution < -0.4 is 20.1 Å². The van der Waals surface area contributed by atoms with Gasteiger partial charge in [-0.25, -0.2) is 0 Å². The van der Waals surface area contributed by atoms with E-state index in [1.165, 1.54) is 0 Å². The van der Waals surface area contributed by atoms with E-state index in [1.807, 2.05) is 13.8 Å². The number of anilines is 1. The van der Waals surface area contributed by atoms with Crippen molar-refractivity contribution in [2.75, 3.05) is 18.5 Å². The molecule has 1 heterocycles. The van der Waals surface area contributed by atoms with Gasteiger partial charge < -0.3 is 20.1 Å². The number of hydrogen-bond donors (Lipinski definition) is 2. The van der Waals surface area contributed by atoms with Gasteiger partial charge in [-0.15, -0.1) is 0 Å². The molecule has 0 aliphatic carbocycles. The molecule has 1 aliphatic heterocycles. The lowest BCUT2D eigenvalue weighted by atomic mass is 9.97. The quantitative estimate of drug-likeness (QED) is 0.696. The number of amides is 2. The molecule has 1 aliphatic rings. The number of hydrogen-bond acceptors (Lipinski definition) is 4. The number of carbonyl (C=O) groups is 2. The van der Waals surface area contributed by atoms with Gasteiger partial charge in [-0.1, -0.05) is 43.5 Å². The normalized spacial score (nSPS) is 14.6. The van der Waals surface area contributed by atoms with E-state index in [2.05, 4.69) is 10.6 Å². The Balaban J connectivity index is 1.77. The van der Waals surface area contributed by atoms with Gasteiger partial charge in [0.2, 0.25) is 5.91 Å². The number of ether oxygens (including phenoxy) is 2. The van der Waals surface area contributed by atoms with Crippen LogP contribution in [0.5, 0.6) is 11.5 Å². The fourth-order valence-corrected chi connectivity index (χ4v) is 3.22. The van der Waals surface area contributed by atoms with Crippen molar-refractivity contribution < 1.29 is 19.1 Å². The minimum Gasteiger partial charge on any atom is -0.486 e. The summed E-state index contributed by atoms with van der Waals surface area (Å²) >= 11 is 12.2. The third-order valence-corrected chi connectivity index (χ3v) is 5.34. The highest BCUT2D eigenvalue weighted by atomic mass is 35.5. The molecular weight excluding hydrogens is 415 g/mol. The van der Waals surface area contributed by atoms with Crippen molar-refractivity contribution in [3.05, 3.63) is 52.0 Å². The predicted octanol–water partition coefficient (Wildman–Crippen LogP) is 4.55. The molecule has 0 radical (unpaired) electrons. The Labute approximate surface area is 179 Å². The van der Waals surface area contributed by atoms with Crippen LogP contribution in [0.2, 0.25) is 10.0 Å². The maximum absolute atomic E-state index is 13.0. The van der Waals surface area contributed by atoms with Crippen molar-refractivity contribution in [2.45, 2.75) is 26.3 Å². The molecule has 2 amide bonds. The van der Waals surface area contributed by atoms with E-state index < -0.39 is 6.04 Å². The van der Waals surface area contributed by atoms with Crippen LogP contribution in [0.15, 0.2) is 36.4 Å². The maximum atomic E-state index is 13.0. The average molecular weight is 437 g/mol. The number of fused-ring (bicyclic) bond motifs is 1. The van der Waals surface area contributed by atoms with Gasteiger partial charge in [-0.2, -0.15) is 0 Å². The van der Waals surface area contributed by atoms with Crippen molar-refractivity contribution in [2.24, 2.45) is 5.92 Å². The first-order chi connectivity index (χ1) is 13.9. The van der Waals surface area contributed by atoms with Crippen LogP contribution in [0.1, 0.15) is 30.6 Å². The first kappa shape index (κ1) is 21.3. The minimum atomic E-state index is -0.743. The summed E-state index contributed by atoms with van der Waals surface area (Å²) in [5.41, 5.74) is 0.822. The van der Waals surface area contributed by atoms with Crippen molar-refractivity contribution in [1.82, 2.24) is 5.32 Å². The summed E-state index contributed by atoms with van der Waals surface area (Å²) in [6.45, 7) is 4.73. The second-order valence-corrected chi connectivity index (χ2v) is 7.65. The molecule has 0 saturated heterocycles. The maximum Gasteiger partial charge on any atom is 0.251 e. The van der Waals surface area contributed by atoms with E-state index in [0.717, 1.165) is 0 Å². The first-order valence-corrected chi connectivity index (χ1v) is 10.1. The van der Waals surface area contributed by atoms with Gasteiger partial charge in [0.1, 0.15) is 19.3 Å². The molecule has 0 spiro atoms. The number of carbonyl (C=O) groups excluding carboxylic acids is 2. The molecule has 0 bridgehead atoms. The zero-order chi connectivity index (χ0) is 21.0. The fraction of sp³-hybridized carbons (Fsp3) is 0.333. The predicted molar refractivity (Wildman–Crippen MR) is 113 cm³/mol. The molecule has 2 aromatic rings. The summed E-state index contributed by atoms with van der Waals surface area (Å²) in [4.78, 5) is 25.6. The molecule has 0 saturated carbocycles.